The number of fused-ring (bicyclic) bond motifs is 1. The van der Waals surface area contributed by atoms with Crippen LogP contribution in [0.5, 0.6) is 5.75 Å². The Morgan fingerprint density at radius 2 is 1.89 bits per heavy atom. The molecule has 0 saturated heterocycles. The molecule has 6 heteroatoms. The van der Waals surface area contributed by atoms with Crippen molar-refractivity contribution >= 4 is 15.7 Å². The minimum atomic E-state index is -3.68. The summed E-state index contributed by atoms with van der Waals surface area (Å²) in [6.07, 6.45) is 0. The zero-order valence-electron chi connectivity index (χ0n) is 9.75. The molecule has 1 aliphatic heterocycles. The molecule has 0 amide bonds. The lowest BCUT2D eigenvalue weighted by atomic mass is 10.2. The van der Waals surface area contributed by atoms with Crippen LogP contribution >= 0.6 is 0 Å². The van der Waals surface area contributed by atoms with Gasteiger partial charge in [0.25, 0.3) is 10.0 Å². The summed E-state index contributed by atoms with van der Waals surface area (Å²) in [6, 6.07) is 9.87. The zero-order chi connectivity index (χ0) is 13.6. The monoisotopic (exact) mass is 279 g/mol. The van der Waals surface area contributed by atoms with Crippen LogP contribution < -0.4 is 4.31 Å². The van der Waals surface area contributed by atoms with E-state index in [1.807, 2.05) is 0 Å². The fourth-order valence-corrected chi connectivity index (χ4v) is 3.82. The van der Waals surface area contributed by atoms with Gasteiger partial charge in [0.15, 0.2) is 0 Å². The average molecular weight is 279 g/mol. The molecule has 2 aromatic rings. The predicted octanol–water partition coefficient (Wildman–Crippen LogP) is 2.24. The van der Waals surface area contributed by atoms with Crippen LogP contribution in [0, 0.1) is 5.82 Å². The van der Waals surface area contributed by atoms with Gasteiger partial charge in [0.2, 0.25) is 0 Å². The molecular formula is C13H10FNO3S. The third kappa shape index (κ3) is 1.84. The predicted molar refractivity (Wildman–Crippen MR) is 67.9 cm³/mol. The summed E-state index contributed by atoms with van der Waals surface area (Å²) in [5, 5.41) is 9.38. The highest BCUT2D eigenvalue weighted by molar-refractivity contribution is 7.93. The number of hydrogen-bond donors (Lipinski definition) is 1. The number of hydrogen-bond acceptors (Lipinski definition) is 3. The van der Waals surface area contributed by atoms with Gasteiger partial charge >= 0.3 is 0 Å². The molecule has 1 aliphatic rings. The molecule has 0 radical (unpaired) electrons. The van der Waals surface area contributed by atoms with Crippen LogP contribution in [0.15, 0.2) is 47.4 Å². The lowest BCUT2D eigenvalue weighted by Crippen LogP contribution is -2.23. The molecule has 2 aromatic carbocycles. The number of nitrogens with zero attached hydrogens (tertiary/aromatic N) is 1. The third-order valence-electron chi connectivity index (χ3n) is 3.01. The SMILES string of the molecule is O=S1(=O)c2ccccc2CN1c1cc(O)cc(F)c1. The Morgan fingerprint density at radius 3 is 2.58 bits per heavy atom. The van der Waals surface area contributed by atoms with Crippen molar-refractivity contribution in [2.75, 3.05) is 4.31 Å². The van der Waals surface area contributed by atoms with E-state index >= 15 is 0 Å². The van der Waals surface area contributed by atoms with Crippen LogP contribution in [-0.2, 0) is 16.6 Å². The van der Waals surface area contributed by atoms with E-state index in [0.717, 1.165) is 16.4 Å². The van der Waals surface area contributed by atoms with E-state index in [1.54, 1.807) is 18.2 Å². The number of phenolic OH excluding ortho intramolecular Hbond substituents is 1. The maximum absolute atomic E-state index is 13.3. The zero-order valence-corrected chi connectivity index (χ0v) is 10.6. The van der Waals surface area contributed by atoms with Crippen LogP contribution in [0.2, 0.25) is 0 Å². The number of rotatable bonds is 1. The lowest BCUT2D eigenvalue weighted by Gasteiger charge is -2.17. The number of anilines is 1. The van der Waals surface area contributed by atoms with E-state index in [2.05, 4.69) is 0 Å². The number of benzene rings is 2. The average Bonchev–Trinajstić information content (AvgIpc) is 2.61. The maximum Gasteiger partial charge on any atom is 0.264 e. The van der Waals surface area contributed by atoms with Gasteiger partial charge in [-0.25, -0.2) is 12.8 Å². The first-order valence-electron chi connectivity index (χ1n) is 5.59. The van der Waals surface area contributed by atoms with Gasteiger partial charge in [-0.3, -0.25) is 4.31 Å². The van der Waals surface area contributed by atoms with Crippen molar-refractivity contribution in [3.63, 3.8) is 0 Å². The van der Waals surface area contributed by atoms with Crippen molar-refractivity contribution in [3.05, 3.63) is 53.8 Å². The summed E-state index contributed by atoms with van der Waals surface area (Å²) in [4.78, 5) is 0.221. The van der Waals surface area contributed by atoms with Crippen LogP contribution in [0.4, 0.5) is 10.1 Å². The molecule has 0 saturated carbocycles. The smallest absolute Gasteiger partial charge is 0.264 e. The van der Waals surface area contributed by atoms with Gasteiger partial charge in [0.1, 0.15) is 11.6 Å². The standard InChI is InChI=1S/C13H10FNO3S/c14-10-5-11(7-12(16)6-10)15-8-9-3-1-2-4-13(9)19(15,17)18/h1-7,16H,8H2. The van der Waals surface area contributed by atoms with Gasteiger partial charge < -0.3 is 5.11 Å². The Kier molecular flexibility index (Phi) is 2.50. The normalized spacial score (nSPS) is 16.4. The summed E-state index contributed by atoms with van der Waals surface area (Å²) in [6.45, 7) is 0.140. The molecule has 4 nitrogen and oxygen atoms in total. The van der Waals surface area contributed by atoms with Crippen molar-refractivity contribution in [3.8, 4) is 5.75 Å². The minimum absolute atomic E-state index is 0.119. The molecule has 0 atom stereocenters. The Hall–Kier alpha value is -2.08. The highest BCUT2D eigenvalue weighted by atomic mass is 32.2. The third-order valence-corrected chi connectivity index (χ3v) is 4.88. The Labute approximate surface area is 109 Å². The van der Waals surface area contributed by atoms with E-state index in [-0.39, 0.29) is 22.9 Å². The van der Waals surface area contributed by atoms with Gasteiger partial charge in [-0.15, -0.1) is 0 Å². The molecule has 0 bridgehead atoms. The van der Waals surface area contributed by atoms with Crippen LogP contribution in [0.3, 0.4) is 0 Å². The van der Waals surface area contributed by atoms with Crippen molar-refractivity contribution in [1.29, 1.82) is 0 Å². The lowest BCUT2D eigenvalue weighted by molar-refractivity contribution is 0.469. The quantitative estimate of drug-likeness (QED) is 0.871. The molecule has 0 aromatic heterocycles. The van der Waals surface area contributed by atoms with E-state index in [9.17, 15) is 17.9 Å². The molecule has 0 unspecified atom stereocenters. The Bertz CT molecular complexity index is 738. The highest BCUT2D eigenvalue weighted by Crippen LogP contribution is 2.35. The van der Waals surface area contributed by atoms with Crippen molar-refractivity contribution in [2.45, 2.75) is 11.4 Å². The number of aromatic hydroxyl groups is 1. The van der Waals surface area contributed by atoms with Crippen LogP contribution in [-0.4, -0.2) is 13.5 Å². The van der Waals surface area contributed by atoms with Crippen molar-refractivity contribution in [2.24, 2.45) is 0 Å². The molecule has 0 spiro atoms. The summed E-state index contributed by atoms with van der Waals surface area (Å²) >= 11 is 0. The first kappa shape index (κ1) is 12.0. The summed E-state index contributed by atoms with van der Waals surface area (Å²) in [5.41, 5.74) is 0.778. The molecule has 1 heterocycles. The number of sulfonamides is 1. The summed E-state index contributed by atoms with van der Waals surface area (Å²) in [7, 11) is -3.68. The van der Waals surface area contributed by atoms with E-state index in [0.29, 0.717) is 5.56 Å². The minimum Gasteiger partial charge on any atom is -0.508 e. The fraction of sp³-hybridized carbons (Fsp3) is 0.0769. The fourth-order valence-electron chi connectivity index (χ4n) is 2.18. The summed E-state index contributed by atoms with van der Waals surface area (Å²) in [5.74, 6) is -0.984. The molecular weight excluding hydrogens is 269 g/mol. The van der Waals surface area contributed by atoms with Gasteiger partial charge in [-0.1, -0.05) is 18.2 Å². The second-order valence-corrected chi connectivity index (χ2v) is 6.12. The second kappa shape index (κ2) is 3.96. The van der Waals surface area contributed by atoms with Crippen LogP contribution in [0.1, 0.15) is 5.56 Å². The number of phenols is 1. The Morgan fingerprint density at radius 1 is 1.16 bits per heavy atom. The Balaban J connectivity index is 2.15. The van der Waals surface area contributed by atoms with Gasteiger partial charge in [-0.05, 0) is 17.7 Å². The summed E-state index contributed by atoms with van der Waals surface area (Å²) < 4.78 is 39.0. The van der Waals surface area contributed by atoms with E-state index in [4.69, 9.17) is 0 Å². The maximum atomic E-state index is 13.3. The van der Waals surface area contributed by atoms with Gasteiger partial charge in [0.05, 0.1) is 17.1 Å². The highest BCUT2D eigenvalue weighted by Gasteiger charge is 2.34. The number of halogens is 1. The first-order chi connectivity index (χ1) is 8.98. The topological polar surface area (TPSA) is 57.6 Å². The van der Waals surface area contributed by atoms with Crippen LogP contribution in [0.25, 0.3) is 0 Å². The molecule has 3 rings (SSSR count). The molecule has 19 heavy (non-hydrogen) atoms. The van der Waals surface area contributed by atoms with Gasteiger partial charge in [0, 0.05) is 12.1 Å². The van der Waals surface area contributed by atoms with E-state index < -0.39 is 15.8 Å². The molecule has 1 N–H and O–H groups in total. The molecule has 0 aliphatic carbocycles. The second-order valence-electron chi connectivity index (χ2n) is 4.29. The van der Waals surface area contributed by atoms with Gasteiger partial charge in [-0.2, -0.15) is 0 Å². The molecule has 98 valence electrons. The largest absolute Gasteiger partial charge is 0.508 e. The van der Waals surface area contributed by atoms with Crippen molar-refractivity contribution in [1.82, 2.24) is 0 Å². The first-order valence-corrected chi connectivity index (χ1v) is 7.03. The molecule has 0 fully saturated rings. The van der Waals surface area contributed by atoms with E-state index in [1.165, 1.54) is 12.1 Å². The van der Waals surface area contributed by atoms with Crippen molar-refractivity contribution < 1.29 is 17.9 Å².